The average molecular weight is 261 g/mol. The molecule has 0 amide bonds. The summed E-state index contributed by atoms with van der Waals surface area (Å²) in [4.78, 5) is 0. The van der Waals surface area contributed by atoms with Crippen LogP contribution >= 0.6 is 0 Å². The summed E-state index contributed by atoms with van der Waals surface area (Å²) >= 11 is 0. The summed E-state index contributed by atoms with van der Waals surface area (Å²) in [7, 11) is 1.76. The molecule has 1 N–H and O–H groups in total. The summed E-state index contributed by atoms with van der Waals surface area (Å²) in [5, 5.41) is 3.77. The SMILES string of the molecule is COc1ccccc1CC1(CC(C)(C)C)CCCN1. The van der Waals surface area contributed by atoms with E-state index in [-0.39, 0.29) is 5.54 Å². The Hall–Kier alpha value is -1.02. The molecule has 19 heavy (non-hydrogen) atoms. The van der Waals surface area contributed by atoms with Gasteiger partial charge < -0.3 is 10.1 Å². The minimum Gasteiger partial charge on any atom is -0.496 e. The maximum Gasteiger partial charge on any atom is 0.122 e. The Morgan fingerprint density at radius 3 is 2.58 bits per heavy atom. The Kier molecular flexibility index (Phi) is 4.19. The molecule has 1 aliphatic rings. The average Bonchev–Trinajstić information content (AvgIpc) is 2.75. The molecule has 1 heterocycles. The van der Waals surface area contributed by atoms with Crippen LogP contribution in [0.25, 0.3) is 0 Å². The fourth-order valence-corrected chi connectivity index (χ4v) is 3.46. The van der Waals surface area contributed by atoms with Gasteiger partial charge in [-0.2, -0.15) is 0 Å². The largest absolute Gasteiger partial charge is 0.496 e. The first-order valence-corrected chi connectivity index (χ1v) is 7.31. The van der Waals surface area contributed by atoms with Crippen molar-refractivity contribution in [3.05, 3.63) is 29.8 Å². The monoisotopic (exact) mass is 261 g/mol. The van der Waals surface area contributed by atoms with Crippen molar-refractivity contribution in [3.63, 3.8) is 0 Å². The smallest absolute Gasteiger partial charge is 0.122 e. The van der Waals surface area contributed by atoms with Gasteiger partial charge >= 0.3 is 0 Å². The van der Waals surface area contributed by atoms with Gasteiger partial charge in [0.25, 0.3) is 0 Å². The number of nitrogens with one attached hydrogen (secondary N) is 1. The zero-order valence-corrected chi connectivity index (χ0v) is 12.8. The molecule has 1 fully saturated rings. The van der Waals surface area contributed by atoms with Crippen LogP contribution in [0.3, 0.4) is 0 Å². The number of methoxy groups -OCH3 is 1. The number of para-hydroxylation sites is 1. The molecule has 1 saturated heterocycles. The minimum absolute atomic E-state index is 0.243. The molecular weight excluding hydrogens is 234 g/mol. The van der Waals surface area contributed by atoms with E-state index in [0.717, 1.165) is 18.7 Å². The van der Waals surface area contributed by atoms with Gasteiger partial charge in [0.05, 0.1) is 7.11 Å². The van der Waals surface area contributed by atoms with E-state index in [2.05, 4.69) is 44.3 Å². The van der Waals surface area contributed by atoms with E-state index >= 15 is 0 Å². The molecular formula is C17H27NO. The third kappa shape index (κ3) is 3.73. The maximum atomic E-state index is 5.50. The molecule has 2 heteroatoms. The van der Waals surface area contributed by atoms with E-state index in [0.29, 0.717) is 5.41 Å². The normalized spacial score (nSPS) is 23.6. The Morgan fingerprint density at radius 2 is 2.00 bits per heavy atom. The second-order valence-corrected chi connectivity index (χ2v) is 7.04. The van der Waals surface area contributed by atoms with Crippen molar-refractivity contribution in [2.75, 3.05) is 13.7 Å². The molecule has 1 aromatic carbocycles. The summed E-state index contributed by atoms with van der Waals surface area (Å²) in [5.74, 6) is 1.02. The Balaban J connectivity index is 2.21. The van der Waals surface area contributed by atoms with Crippen LogP contribution < -0.4 is 10.1 Å². The van der Waals surface area contributed by atoms with Crippen LogP contribution in [-0.4, -0.2) is 19.2 Å². The molecule has 1 atom stereocenters. The Bertz CT molecular complexity index is 414. The highest BCUT2D eigenvalue weighted by Gasteiger charge is 2.37. The lowest BCUT2D eigenvalue weighted by Crippen LogP contribution is -2.45. The first-order chi connectivity index (χ1) is 8.94. The van der Waals surface area contributed by atoms with Crippen molar-refractivity contribution in [2.24, 2.45) is 5.41 Å². The van der Waals surface area contributed by atoms with Crippen LogP contribution in [0.1, 0.15) is 45.6 Å². The summed E-state index contributed by atoms with van der Waals surface area (Å²) < 4.78 is 5.50. The molecule has 106 valence electrons. The first-order valence-electron chi connectivity index (χ1n) is 7.31. The number of rotatable bonds is 4. The van der Waals surface area contributed by atoms with Crippen molar-refractivity contribution < 1.29 is 4.74 Å². The minimum atomic E-state index is 0.243. The van der Waals surface area contributed by atoms with Gasteiger partial charge in [-0.15, -0.1) is 0 Å². The van der Waals surface area contributed by atoms with Crippen molar-refractivity contribution in [2.45, 2.75) is 52.0 Å². The van der Waals surface area contributed by atoms with Gasteiger partial charge in [-0.1, -0.05) is 39.0 Å². The van der Waals surface area contributed by atoms with Gasteiger partial charge in [-0.05, 0) is 49.3 Å². The van der Waals surface area contributed by atoms with Crippen LogP contribution in [0.2, 0.25) is 0 Å². The standard InChI is InChI=1S/C17H27NO/c1-16(2,3)13-17(10-7-11-18-17)12-14-8-5-6-9-15(14)19-4/h5-6,8-9,18H,7,10-13H2,1-4H3. The van der Waals surface area contributed by atoms with E-state index in [1.807, 2.05) is 6.07 Å². The molecule has 0 aliphatic carbocycles. The highest BCUT2D eigenvalue weighted by Crippen LogP contribution is 2.37. The summed E-state index contributed by atoms with van der Waals surface area (Å²) in [5.41, 5.74) is 1.91. The third-order valence-corrected chi connectivity index (χ3v) is 3.92. The molecule has 0 aromatic heterocycles. The summed E-state index contributed by atoms with van der Waals surface area (Å²) in [6, 6.07) is 8.41. The maximum absolute atomic E-state index is 5.50. The quantitative estimate of drug-likeness (QED) is 0.890. The lowest BCUT2D eigenvalue weighted by molar-refractivity contribution is 0.227. The highest BCUT2D eigenvalue weighted by atomic mass is 16.5. The second kappa shape index (κ2) is 5.54. The Morgan fingerprint density at radius 1 is 1.26 bits per heavy atom. The molecule has 2 nitrogen and oxygen atoms in total. The van der Waals surface area contributed by atoms with Gasteiger partial charge in [0, 0.05) is 5.54 Å². The molecule has 0 radical (unpaired) electrons. The predicted molar refractivity (Wildman–Crippen MR) is 80.7 cm³/mol. The number of hydrogen-bond acceptors (Lipinski definition) is 2. The zero-order valence-electron chi connectivity index (χ0n) is 12.8. The van der Waals surface area contributed by atoms with Crippen LogP contribution in [0.15, 0.2) is 24.3 Å². The van der Waals surface area contributed by atoms with E-state index in [4.69, 9.17) is 4.74 Å². The van der Waals surface area contributed by atoms with Crippen molar-refractivity contribution >= 4 is 0 Å². The van der Waals surface area contributed by atoms with Crippen LogP contribution in [-0.2, 0) is 6.42 Å². The lowest BCUT2D eigenvalue weighted by atomic mass is 9.75. The fraction of sp³-hybridized carbons (Fsp3) is 0.647. The Labute approximate surface area is 117 Å². The van der Waals surface area contributed by atoms with Gasteiger partial charge in [0.2, 0.25) is 0 Å². The molecule has 1 aliphatic heterocycles. The van der Waals surface area contributed by atoms with Crippen LogP contribution in [0.4, 0.5) is 0 Å². The van der Waals surface area contributed by atoms with Gasteiger partial charge in [-0.25, -0.2) is 0 Å². The van der Waals surface area contributed by atoms with Crippen molar-refractivity contribution in [3.8, 4) is 5.75 Å². The van der Waals surface area contributed by atoms with Crippen LogP contribution in [0, 0.1) is 5.41 Å². The van der Waals surface area contributed by atoms with E-state index in [9.17, 15) is 0 Å². The second-order valence-electron chi connectivity index (χ2n) is 7.04. The summed E-state index contributed by atoms with van der Waals surface area (Å²) in [6.07, 6.45) is 4.82. The van der Waals surface area contributed by atoms with E-state index in [1.165, 1.54) is 24.8 Å². The van der Waals surface area contributed by atoms with Crippen molar-refractivity contribution in [1.82, 2.24) is 5.32 Å². The van der Waals surface area contributed by atoms with Gasteiger partial charge in [0.15, 0.2) is 0 Å². The highest BCUT2D eigenvalue weighted by molar-refractivity contribution is 5.35. The fourth-order valence-electron chi connectivity index (χ4n) is 3.46. The number of benzene rings is 1. The van der Waals surface area contributed by atoms with Gasteiger partial charge in [0.1, 0.15) is 5.75 Å². The molecule has 1 aromatic rings. The zero-order chi connectivity index (χ0) is 13.9. The topological polar surface area (TPSA) is 21.3 Å². The van der Waals surface area contributed by atoms with Crippen LogP contribution in [0.5, 0.6) is 5.75 Å². The molecule has 0 bridgehead atoms. The lowest BCUT2D eigenvalue weighted by Gasteiger charge is -2.36. The summed E-state index contributed by atoms with van der Waals surface area (Å²) in [6.45, 7) is 8.14. The number of ether oxygens (including phenoxy) is 1. The van der Waals surface area contributed by atoms with E-state index < -0.39 is 0 Å². The number of hydrogen-bond donors (Lipinski definition) is 1. The predicted octanol–water partition coefficient (Wildman–Crippen LogP) is 3.80. The van der Waals surface area contributed by atoms with Crippen molar-refractivity contribution in [1.29, 1.82) is 0 Å². The molecule has 1 unspecified atom stereocenters. The molecule has 2 rings (SSSR count). The first kappa shape index (κ1) is 14.4. The van der Waals surface area contributed by atoms with Gasteiger partial charge in [-0.3, -0.25) is 0 Å². The molecule has 0 saturated carbocycles. The molecule has 0 spiro atoms. The van der Waals surface area contributed by atoms with E-state index in [1.54, 1.807) is 7.11 Å². The third-order valence-electron chi connectivity index (χ3n) is 3.92.